The molecular formula is C18H29N. The molecule has 0 fully saturated rings. The summed E-state index contributed by atoms with van der Waals surface area (Å²) in [6, 6.07) is 7.70. The number of aryl methyl sites for hydroxylation is 2. The number of rotatable bonds is 5. The third-order valence-electron chi connectivity index (χ3n) is 4.73. The molecule has 2 rings (SSSR count). The highest BCUT2D eigenvalue weighted by atomic mass is 14.9. The minimum atomic E-state index is 0.497. The summed E-state index contributed by atoms with van der Waals surface area (Å²) < 4.78 is 0. The Kier molecular flexibility index (Phi) is 5.04. The number of fused-ring (bicyclic) bond motifs is 1. The first-order valence-electron chi connectivity index (χ1n) is 7.98. The standard InChI is InChI=1S/C18H29N/c1-5-19-18(14(4)13(2)3)17-11-10-15-8-6-7-9-16(15)12-17/h10-14,18-19H,5-9H2,1-4H3. The van der Waals surface area contributed by atoms with Crippen LogP contribution >= 0.6 is 0 Å². The molecule has 106 valence electrons. The molecule has 0 aromatic heterocycles. The van der Waals surface area contributed by atoms with Gasteiger partial charge in [-0.3, -0.25) is 0 Å². The van der Waals surface area contributed by atoms with Crippen molar-refractivity contribution in [3.63, 3.8) is 0 Å². The summed E-state index contributed by atoms with van der Waals surface area (Å²) in [5.74, 6) is 1.38. The van der Waals surface area contributed by atoms with Crippen molar-refractivity contribution < 1.29 is 0 Å². The van der Waals surface area contributed by atoms with Crippen LogP contribution < -0.4 is 5.32 Å². The Hall–Kier alpha value is -0.820. The molecule has 19 heavy (non-hydrogen) atoms. The highest BCUT2D eigenvalue weighted by molar-refractivity contribution is 5.35. The fourth-order valence-electron chi connectivity index (χ4n) is 3.16. The van der Waals surface area contributed by atoms with Crippen LogP contribution in [0.3, 0.4) is 0 Å². The van der Waals surface area contributed by atoms with Crippen molar-refractivity contribution >= 4 is 0 Å². The van der Waals surface area contributed by atoms with E-state index in [1.54, 1.807) is 11.1 Å². The van der Waals surface area contributed by atoms with E-state index >= 15 is 0 Å². The molecule has 1 aliphatic carbocycles. The van der Waals surface area contributed by atoms with E-state index in [1.165, 1.54) is 31.2 Å². The van der Waals surface area contributed by atoms with Gasteiger partial charge < -0.3 is 5.32 Å². The lowest BCUT2D eigenvalue weighted by molar-refractivity contribution is 0.307. The molecule has 1 nitrogen and oxygen atoms in total. The second-order valence-electron chi connectivity index (χ2n) is 6.37. The third-order valence-corrected chi connectivity index (χ3v) is 4.73. The van der Waals surface area contributed by atoms with E-state index in [1.807, 2.05) is 0 Å². The topological polar surface area (TPSA) is 12.0 Å². The molecule has 1 aromatic carbocycles. The Labute approximate surface area is 118 Å². The van der Waals surface area contributed by atoms with Crippen LogP contribution in [0.1, 0.15) is 63.3 Å². The molecule has 2 unspecified atom stereocenters. The zero-order valence-corrected chi connectivity index (χ0v) is 13.0. The van der Waals surface area contributed by atoms with Crippen LogP contribution in [0.15, 0.2) is 18.2 Å². The zero-order chi connectivity index (χ0) is 13.8. The summed E-state index contributed by atoms with van der Waals surface area (Å²) in [6.07, 6.45) is 5.28. The molecule has 1 heteroatoms. The van der Waals surface area contributed by atoms with Crippen molar-refractivity contribution in [2.45, 2.75) is 59.4 Å². The maximum Gasteiger partial charge on any atom is 0.0348 e. The molecule has 1 N–H and O–H groups in total. The largest absolute Gasteiger partial charge is 0.310 e. The highest BCUT2D eigenvalue weighted by Crippen LogP contribution is 2.31. The molecule has 1 aliphatic rings. The van der Waals surface area contributed by atoms with Crippen LogP contribution in [0.2, 0.25) is 0 Å². The van der Waals surface area contributed by atoms with Crippen molar-refractivity contribution in [3.8, 4) is 0 Å². The first-order chi connectivity index (χ1) is 9.13. The monoisotopic (exact) mass is 259 g/mol. The first kappa shape index (κ1) is 14.6. The van der Waals surface area contributed by atoms with Gasteiger partial charge in [-0.05, 0) is 60.8 Å². The van der Waals surface area contributed by atoms with Crippen molar-refractivity contribution in [1.82, 2.24) is 5.32 Å². The van der Waals surface area contributed by atoms with Crippen LogP contribution in [0.4, 0.5) is 0 Å². The van der Waals surface area contributed by atoms with Gasteiger partial charge >= 0.3 is 0 Å². The quantitative estimate of drug-likeness (QED) is 0.820. The average Bonchev–Trinajstić information content (AvgIpc) is 2.43. The third kappa shape index (κ3) is 3.39. The van der Waals surface area contributed by atoms with Crippen molar-refractivity contribution in [2.24, 2.45) is 11.8 Å². The summed E-state index contributed by atoms with van der Waals surface area (Å²) in [7, 11) is 0. The smallest absolute Gasteiger partial charge is 0.0348 e. The van der Waals surface area contributed by atoms with Crippen LogP contribution in [-0.4, -0.2) is 6.54 Å². The second kappa shape index (κ2) is 6.56. The van der Waals surface area contributed by atoms with E-state index in [0.29, 0.717) is 17.9 Å². The van der Waals surface area contributed by atoms with E-state index in [-0.39, 0.29) is 0 Å². The molecule has 0 aliphatic heterocycles. The van der Waals surface area contributed by atoms with Gasteiger partial charge in [-0.25, -0.2) is 0 Å². The molecule has 0 bridgehead atoms. The number of hydrogen-bond acceptors (Lipinski definition) is 1. The molecule has 0 amide bonds. The summed E-state index contributed by atoms with van der Waals surface area (Å²) in [4.78, 5) is 0. The lowest BCUT2D eigenvalue weighted by atomic mass is 9.83. The van der Waals surface area contributed by atoms with Crippen molar-refractivity contribution in [2.75, 3.05) is 6.54 Å². The van der Waals surface area contributed by atoms with Gasteiger partial charge in [0.25, 0.3) is 0 Å². The SMILES string of the molecule is CCNC(c1ccc2c(c1)CCCC2)C(C)C(C)C. The Balaban J connectivity index is 2.26. The Morgan fingerprint density at radius 3 is 2.37 bits per heavy atom. The van der Waals surface area contributed by atoms with Crippen molar-refractivity contribution in [3.05, 3.63) is 34.9 Å². The van der Waals surface area contributed by atoms with E-state index in [4.69, 9.17) is 0 Å². The van der Waals surface area contributed by atoms with Crippen molar-refractivity contribution in [1.29, 1.82) is 0 Å². The van der Waals surface area contributed by atoms with Crippen LogP contribution in [-0.2, 0) is 12.8 Å². The summed E-state index contributed by atoms with van der Waals surface area (Å²) >= 11 is 0. The van der Waals surface area contributed by atoms with Gasteiger partial charge in [0.2, 0.25) is 0 Å². The van der Waals surface area contributed by atoms with E-state index in [2.05, 4.69) is 51.2 Å². The fourth-order valence-corrected chi connectivity index (χ4v) is 3.16. The molecule has 0 radical (unpaired) electrons. The van der Waals surface area contributed by atoms with E-state index in [0.717, 1.165) is 6.54 Å². The fraction of sp³-hybridized carbons (Fsp3) is 0.667. The maximum atomic E-state index is 3.69. The van der Waals surface area contributed by atoms with E-state index < -0.39 is 0 Å². The number of nitrogens with one attached hydrogen (secondary N) is 1. The van der Waals surface area contributed by atoms with Gasteiger partial charge in [-0.15, -0.1) is 0 Å². The van der Waals surface area contributed by atoms with Crippen LogP contribution in [0.5, 0.6) is 0 Å². The van der Waals surface area contributed by atoms with Gasteiger partial charge in [0.05, 0.1) is 0 Å². The van der Waals surface area contributed by atoms with Crippen LogP contribution in [0, 0.1) is 11.8 Å². The second-order valence-corrected chi connectivity index (χ2v) is 6.37. The summed E-state index contributed by atoms with van der Waals surface area (Å²) in [5.41, 5.74) is 4.67. The zero-order valence-electron chi connectivity index (χ0n) is 13.0. The van der Waals surface area contributed by atoms with Gasteiger partial charge in [0, 0.05) is 6.04 Å². The van der Waals surface area contributed by atoms with Gasteiger partial charge in [0.15, 0.2) is 0 Å². The molecule has 1 aromatic rings. The molecular weight excluding hydrogens is 230 g/mol. The molecule has 2 atom stereocenters. The van der Waals surface area contributed by atoms with Gasteiger partial charge in [-0.2, -0.15) is 0 Å². The average molecular weight is 259 g/mol. The molecule has 0 saturated carbocycles. The molecule has 0 saturated heterocycles. The predicted molar refractivity (Wildman–Crippen MR) is 83.5 cm³/mol. The number of hydrogen-bond donors (Lipinski definition) is 1. The summed E-state index contributed by atoms with van der Waals surface area (Å²) in [5, 5.41) is 3.69. The van der Waals surface area contributed by atoms with Gasteiger partial charge in [0.1, 0.15) is 0 Å². The van der Waals surface area contributed by atoms with Gasteiger partial charge in [-0.1, -0.05) is 45.9 Å². The lowest BCUT2D eigenvalue weighted by Crippen LogP contribution is -2.29. The maximum absolute atomic E-state index is 3.69. The molecule has 0 spiro atoms. The predicted octanol–water partition coefficient (Wildman–Crippen LogP) is 4.51. The highest BCUT2D eigenvalue weighted by Gasteiger charge is 2.22. The first-order valence-corrected chi connectivity index (χ1v) is 7.98. The Bertz CT molecular complexity index is 408. The van der Waals surface area contributed by atoms with Crippen LogP contribution in [0.25, 0.3) is 0 Å². The minimum Gasteiger partial charge on any atom is -0.310 e. The number of benzene rings is 1. The Morgan fingerprint density at radius 1 is 1.05 bits per heavy atom. The molecule has 0 heterocycles. The summed E-state index contributed by atoms with van der Waals surface area (Å²) in [6.45, 7) is 10.3. The Morgan fingerprint density at radius 2 is 1.74 bits per heavy atom. The van der Waals surface area contributed by atoms with E-state index in [9.17, 15) is 0 Å². The normalized spacial score (nSPS) is 18.2. The minimum absolute atomic E-state index is 0.497. The lowest BCUT2D eigenvalue weighted by Gasteiger charge is -2.29.